The molecule has 0 fully saturated rings. The summed E-state index contributed by atoms with van der Waals surface area (Å²) in [5.74, 6) is -0.513. The first-order valence-electron chi connectivity index (χ1n) is 3.15. The Balaban J connectivity index is 2.83. The zero-order valence-corrected chi connectivity index (χ0v) is 5.48. The lowest BCUT2D eigenvalue weighted by atomic mass is 10.0. The van der Waals surface area contributed by atoms with E-state index in [1.54, 1.807) is 0 Å². The van der Waals surface area contributed by atoms with E-state index < -0.39 is 12.0 Å². The molecule has 0 amide bonds. The number of allylic oxidation sites excluding steroid dienone is 3. The molecule has 0 aromatic rings. The summed E-state index contributed by atoms with van der Waals surface area (Å²) in [5.41, 5.74) is 5.20. The highest BCUT2D eigenvalue weighted by Gasteiger charge is 2.17. The quantitative estimate of drug-likeness (QED) is 0.594. The zero-order valence-electron chi connectivity index (χ0n) is 5.48. The second-order valence-corrected chi connectivity index (χ2v) is 2.18. The van der Waals surface area contributed by atoms with Crippen molar-refractivity contribution in [3.05, 3.63) is 23.6 Å². The minimum Gasteiger partial charge on any atom is -0.327 e. The minimum absolute atomic E-state index is 0.0304. The summed E-state index contributed by atoms with van der Waals surface area (Å²) in [5, 5.41) is 0. The highest BCUT2D eigenvalue weighted by atomic mass is 19.1. The third-order valence-electron chi connectivity index (χ3n) is 1.51. The van der Waals surface area contributed by atoms with Crippen molar-refractivity contribution in [3.8, 4) is 0 Å². The molecule has 56 valence electrons. The van der Waals surface area contributed by atoms with Crippen LogP contribution in [0.5, 0.6) is 0 Å². The van der Waals surface area contributed by atoms with Crippen molar-refractivity contribution in [3.63, 3.8) is 0 Å². The van der Waals surface area contributed by atoms with Crippen LogP contribution >= 0.6 is 0 Å². The Morgan fingerprint density at radius 2 is 2.40 bits per heavy atom. The fourth-order valence-electron chi connectivity index (χ4n) is 0.915. The molecule has 2 N–H and O–H groups in total. The summed E-state index contributed by atoms with van der Waals surface area (Å²) in [6, 6.07) is 0. The van der Waals surface area contributed by atoms with Crippen molar-refractivity contribution in [1.82, 2.24) is 0 Å². The second-order valence-electron chi connectivity index (χ2n) is 2.18. The van der Waals surface area contributed by atoms with Gasteiger partial charge in [-0.3, -0.25) is 0 Å². The van der Waals surface area contributed by atoms with Crippen LogP contribution in [-0.4, -0.2) is 12.7 Å². The molecule has 1 unspecified atom stereocenters. The zero-order chi connectivity index (χ0) is 7.56. The Labute approximate surface area is 58.2 Å². The first-order valence-corrected chi connectivity index (χ1v) is 3.15. The van der Waals surface area contributed by atoms with Crippen LogP contribution in [-0.2, 0) is 0 Å². The molecule has 1 aliphatic carbocycles. The first kappa shape index (κ1) is 7.41. The van der Waals surface area contributed by atoms with Gasteiger partial charge in [-0.2, -0.15) is 0 Å². The summed E-state index contributed by atoms with van der Waals surface area (Å²) in [4.78, 5) is 0. The van der Waals surface area contributed by atoms with E-state index in [2.05, 4.69) is 0 Å². The van der Waals surface area contributed by atoms with Crippen LogP contribution in [0.3, 0.4) is 0 Å². The molecule has 1 aliphatic rings. The van der Waals surface area contributed by atoms with E-state index in [0.29, 0.717) is 0 Å². The van der Waals surface area contributed by atoms with Gasteiger partial charge < -0.3 is 5.73 Å². The molecule has 0 spiro atoms. The predicted octanol–water partition coefficient (Wildman–Crippen LogP) is 1.47. The fourth-order valence-corrected chi connectivity index (χ4v) is 0.915. The summed E-state index contributed by atoms with van der Waals surface area (Å²) in [6.45, 7) is -0.0304. The SMILES string of the molecule is NCC1=C(F)C=CCC1F. The maximum Gasteiger partial charge on any atom is 0.129 e. The monoisotopic (exact) mass is 145 g/mol. The molecule has 10 heavy (non-hydrogen) atoms. The van der Waals surface area contributed by atoms with Crippen LogP contribution in [0.4, 0.5) is 8.78 Å². The largest absolute Gasteiger partial charge is 0.327 e. The second kappa shape index (κ2) is 2.92. The highest BCUT2D eigenvalue weighted by Crippen LogP contribution is 2.21. The number of alkyl halides is 1. The normalized spacial score (nSPS) is 25.7. The molecule has 3 heteroatoms. The van der Waals surface area contributed by atoms with Gasteiger partial charge in [0.05, 0.1) is 0 Å². The van der Waals surface area contributed by atoms with Crippen LogP contribution in [0.2, 0.25) is 0 Å². The summed E-state index contributed by atoms with van der Waals surface area (Å²) in [6.07, 6.45) is 1.77. The molecule has 1 rings (SSSR count). The fraction of sp³-hybridized carbons (Fsp3) is 0.429. The van der Waals surface area contributed by atoms with Gasteiger partial charge in [-0.1, -0.05) is 6.08 Å². The molecule has 0 heterocycles. The van der Waals surface area contributed by atoms with Gasteiger partial charge in [-0.15, -0.1) is 0 Å². The molecule has 1 nitrogen and oxygen atoms in total. The van der Waals surface area contributed by atoms with E-state index in [-0.39, 0.29) is 18.5 Å². The van der Waals surface area contributed by atoms with E-state index in [1.165, 1.54) is 12.2 Å². The minimum atomic E-state index is -1.21. The van der Waals surface area contributed by atoms with Crippen molar-refractivity contribution in [2.24, 2.45) is 5.73 Å². The topological polar surface area (TPSA) is 26.0 Å². The Morgan fingerprint density at radius 3 is 2.80 bits per heavy atom. The number of hydrogen-bond donors (Lipinski definition) is 1. The lowest BCUT2D eigenvalue weighted by Crippen LogP contribution is -2.16. The average molecular weight is 145 g/mol. The summed E-state index contributed by atoms with van der Waals surface area (Å²) in [7, 11) is 0. The van der Waals surface area contributed by atoms with Gasteiger partial charge in [-0.05, 0) is 6.08 Å². The van der Waals surface area contributed by atoms with Gasteiger partial charge in [-0.25, -0.2) is 8.78 Å². The van der Waals surface area contributed by atoms with Crippen molar-refractivity contribution in [1.29, 1.82) is 0 Å². The predicted molar refractivity (Wildman–Crippen MR) is 35.8 cm³/mol. The molecule has 0 bridgehead atoms. The lowest BCUT2D eigenvalue weighted by molar-refractivity contribution is 0.368. The van der Waals surface area contributed by atoms with E-state index in [1.807, 2.05) is 0 Å². The average Bonchev–Trinajstić information content (AvgIpc) is 1.88. The third kappa shape index (κ3) is 1.24. The van der Waals surface area contributed by atoms with E-state index in [0.717, 1.165) is 0 Å². The molecule has 0 aromatic heterocycles. The standard InChI is InChI=1S/C7H9F2N/c8-6-2-1-3-7(9)5(6)4-10/h1-2,7H,3-4,10H2. The van der Waals surface area contributed by atoms with Crippen LogP contribution in [0.15, 0.2) is 23.6 Å². The highest BCUT2D eigenvalue weighted by molar-refractivity contribution is 5.28. The van der Waals surface area contributed by atoms with Crippen molar-refractivity contribution in [2.75, 3.05) is 6.54 Å². The molecule has 0 saturated heterocycles. The van der Waals surface area contributed by atoms with Gasteiger partial charge in [0.2, 0.25) is 0 Å². The molecule has 0 aromatic carbocycles. The molecule has 1 atom stereocenters. The molecular formula is C7H9F2N. The summed E-state index contributed by atoms with van der Waals surface area (Å²) >= 11 is 0. The van der Waals surface area contributed by atoms with Crippen LogP contribution in [0.25, 0.3) is 0 Å². The van der Waals surface area contributed by atoms with Crippen LogP contribution in [0.1, 0.15) is 6.42 Å². The molecule has 0 aliphatic heterocycles. The van der Waals surface area contributed by atoms with Crippen molar-refractivity contribution >= 4 is 0 Å². The Kier molecular flexibility index (Phi) is 2.17. The maximum atomic E-state index is 12.7. The van der Waals surface area contributed by atoms with Gasteiger partial charge in [0.1, 0.15) is 12.0 Å². The lowest BCUT2D eigenvalue weighted by Gasteiger charge is -2.12. The van der Waals surface area contributed by atoms with Crippen molar-refractivity contribution in [2.45, 2.75) is 12.6 Å². The number of halogens is 2. The van der Waals surface area contributed by atoms with Crippen LogP contribution < -0.4 is 5.73 Å². The van der Waals surface area contributed by atoms with Crippen molar-refractivity contribution < 1.29 is 8.78 Å². The van der Waals surface area contributed by atoms with Gasteiger partial charge >= 0.3 is 0 Å². The van der Waals surface area contributed by atoms with Gasteiger partial charge in [0.15, 0.2) is 0 Å². The number of hydrogen-bond acceptors (Lipinski definition) is 1. The Hall–Kier alpha value is -0.700. The maximum absolute atomic E-state index is 12.7. The number of nitrogens with two attached hydrogens (primary N) is 1. The van der Waals surface area contributed by atoms with Gasteiger partial charge in [0, 0.05) is 18.5 Å². The van der Waals surface area contributed by atoms with Crippen LogP contribution in [0, 0.1) is 0 Å². The Morgan fingerprint density at radius 1 is 1.70 bits per heavy atom. The first-order chi connectivity index (χ1) is 4.75. The Bertz CT molecular complexity index is 184. The molecule has 0 saturated carbocycles. The molecule has 0 radical (unpaired) electrons. The van der Waals surface area contributed by atoms with Gasteiger partial charge in [0.25, 0.3) is 0 Å². The van der Waals surface area contributed by atoms with E-state index in [4.69, 9.17) is 5.73 Å². The van der Waals surface area contributed by atoms with E-state index >= 15 is 0 Å². The molecular weight excluding hydrogens is 136 g/mol. The number of rotatable bonds is 1. The van der Waals surface area contributed by atoms with E-state index in [9.17, 15) is 8.78 Å². The summed E-state index contributed by atoms with van der Waals surface area (Å²) < 4.78 is 25.2. The smallest absolute Gasteiger partial charge is 0.129 e. The third-order valence-corrected chi connectivity index (χ3v) is 1.51.